The molecule has 0 aromatic heterocycles. The maximum absolute atomic E-state index is 2.35. The lowest BCUT2D eigenvalue weighted by molar-refractivity contribution is 0.573. The monoisotopic (exact) mass is 246 g/mol. The van der Waals surface area contributed by atoms with Gasteiger partial charge in [0.15, 0.2) is 0 Å². The summed E-state index contributed by atoms with van der Waals surface area (Å²) in [6.07, 6.45) is 3.46. The van der Waals surface area contributed by atoms with Gasteiger partial charge in [0.1, 0.15) is 0 Å². The first kappa shape index (κ1) is 15.3. The summed E-state index contributed by atoms with van der Waals surface area (Å²) in [6.45, 7) is 18.6. The lowest BCUT2D eigenvalue weighted by Crippen LogP contribution is -2.20. The van der Waals surface area contributed by atoms with E-state index in [4.69, 9.17) is 0 Å². The first-order valence-corrected chi connectivity index (χ1v) is 7.43. The fourth-order valence-corrected chi connectivity index (χ4v) is 3.52. The van der Waals surface area contributed by atoms with Gasteiger partial charge in [0.2, 0.25) is 0 Å². The highest BCUT2D eigenvalue weighted by atomic mass is 14.3. The molecule has 0 saturated heterocycles. The quantitative estimate of drug-likeness (QED) is 0.680. The van der Waals surface area contributed by atoms with Crippen molar-refractivity contribution in [3.8, 4) is 0 Å². The van der Waals surface area contributed by atoms with Crippen LogP contribution in [0.3, 0.4) is 0 Å². The van der Waals surface area contributed by atoms with Gasteiger partial charge in [0.05, 0.1) is 0 Å². The van der Waals surface area contributed by atoms with Gasteiger partial charge in [-0.2, -0.15) is 0 Å². The Balaban J connectivity index is 3.78. The Morgan fingerprint density at radius 3 is 1.22 bits per heavy atom. The van der Waals surface area contributed by atoms with Crippen LogP contribution in [0.5, 0.6) is 0 Å². The van der Waals surface area contributed by atoms with Crippen molar-refractivity contribution in [3.63, 3.8) is 0 Å². The molecule has 1 aromatic rings. The SMILES string of the molecule is CCc1c(C)c(CC)c(C(C)(C)C)c(CC)c1C. The zero-order valence-electron chi connectivity index (χ0n) is 13.6. The number of rotatable bonds is 3. The lowest BCUT2D eigenvalue weighted by Gasteiger charge is -2.31. The predicted molar refractivity (Wildman–Crippen MR) is 82.8 cm³/mol. The predicted octanol–water partition coefficient (Wildman–Crippen LogP) is 5.29. The molecule has 0 radical (unpaired) electrons. The van der Waals surface area contributed by atoms with Gasteiger partial charge in [-0.05, 0) is 71.9 Å². The van der Waals surface area contributed by atoms with E-state index in [9.17, 15) is 0 Å². The molecule has 0 unspecified atom stereocenters. The molecule has 0 aliphatic carbocycles. The van der Waals surface area contributed by atoms with Crippen LogP contribution in [0.25, 0.3) is 0 Å². The van der Waals surface area contributed by atoms with Crippen LogP contribution in [0.15, 0.2) is 0 Å². The Labute approximate surface area is 114 Å². The van der Waals surface area contributed by atoms with Crippen LogP contribution in [0.4, 0.5) is 0 Å². The maximum atomic E-state index is 2.35. The largest absolute Gasteiger partial charge is 0.0613 e. The third-order valence-electron chi connectivity index (χ3n) is 4.22. The van der Waals surface area contributed by atoms with Crippen molar-refractivity contribution in [3.05, 3.63) is 33.4 Å². The van der Waals surface area contributed by atoms with Crippen molar-refractivity contribution in [1.29, 1.82) is 0 Å². The molecule has 0 atom stereocenters. The molecule has 0 spiro atoms. The topological polar surface area (TPSA) is 0 Å². The summed E-state index contributed by atoms with van der Waals surface area (Å²) in [5.74, 6) is 0. The minimum absolute atomic E-state index is 0.248. The minimum Gasteiger partial charge on any atom is -0.0613 e. The van der Waals surface area contributed by atoms with E-state index in [-0.39, 0.29) is 5.41 Å². The molecule has 18 heavy (non-hydrogen) atoms. The first-order chi connectivity index (χ1) is 8.29. The molecule has 0 fully saturated rings. The molecule has 0 saturated carbocycles. The van der Waals surface area contributed by atoms with Crippen LogP contribution in [0.2, 0.25) is 0 Å². The summed E-state index contributed by atoms with van der Waals surface area (Å²) in [5.41, 5.74) is 9.72. The van der Waals surface area contributed by atoms with Crippen LogP contribution in [-0.2, 0) is 24.7 Å². The lowest BCUT2D eigenvalue weighted by atomic mass is 9.74. The van der Waals surface area contributed by atoms with E-state index >= 15 is 0 Å². The molecule has 0 bridgehead atoms. The normalized spacial score (nSPS) is 12.0. The van der Waals surface area contributed by atoms with Gasteiger partial charge in [-0.15, -0.1) is 0 Å². The second-order valence-electron chi connectivity index (χ2n) is 6.37. The summed E-state index contributed by atoms with van der Waals surface area (Å²) in [6, 6.07) is 0. The highest BCUT2D eigenvalue weighted by Gasteiger charge is 2.25. The van der Waals surface area contributed by atoms with E-state index in [0.29, 0.717) is 0 Å². The van der Waals surface area contributed by atoms with E-state index in [2.05, 4.69) is 55.4 Å². The molecule has 1 rings (SSSR count). The Morgan fingerprint density at radius 2 is 1.00 bits per heavy atom. The van der Waals surface area contributed by atoms with Crippen molar-refractivity contribution >= 4 is 0 Å². The third-order valence-corrected chi connectivity index (χ3v) is 4.22. The molecular weight excluding hydrogens is 216 g/mol. The smallest absolute Gasteiger partial charge is 0.0126 e. The fraction of sp³-hybridized carbons (Fsp3) is 0.667. The van der Waals surface area contributed by atoms with Crippen molar-refractivity contribution in [2.45, 2.75) is 80.1 Å². The van der Waals surface area contributed by atoms with E-state index in [1.165, 1.54) is 0 Å². The van der Waals surface area contributed by atoms with Gasteiger partial charge >= 0.3 is 0 Å². The van der Waals surface area contributed by atoms with Crippen LogP contribution in [0, 0.1) is 13.8 Å². The van der Waals surface area contributed by atoms with E-state index in [0.717, 1.165) is 19.3 Å². The molecule has 102 valence electrons. The van der Waals surface area contributed by atoms with Crippen LogP contribution < -0.4 is 0 Å². The molecule has 0 amide bonds. The van der Waals surface area contributed by atoms with Crippen LogP contribution in [-0.4, -0.2) is 0 Å². The van der Waals surface area contributed by atoms with Crippen molar-refractivity contribution < 1.29 is 0 Å². The summed E-state index contributed by atoms with van der Waals surface area (Å²) in [7, 11) is 0. The van der Waals surface area contributed by atoms with Crippen molar-refractivity contribution in [2.75, 3.05) is 0 Å². The molecule has 0 heteroatoms. The van der Waals surface area contributed by atoms with Gasteiger partial charge in [0, 0.05) is 0 Å². The summed E-state index contributed by atoms with van der Waals surface area (Å²) in [4.78, 5) is 0. The molecule has 0 N–H and O–H groups in total. The number of hydrogen-bond donors (Lipinski definition) is 0. The standard InChI is InChI=1S/C18H30/c1-9-14-12(4)15(10-2)17(18(6,7)8)16(11-3)13(14)5/h9-11H2,1-8H3. The highest BCUT2D eigenvalue weighted by Crippen LogP contribution is 2.36. The van der Waals surface area contributed by atoms with Gasteiger partial charge in [-0.25, -0.2) is 0 Å². The number of benzene rings is 1. The Hall–Kier alpha value is -0.780. The molecule has 0 aliphatic heterocycles. The Morgan fingerprint density at radius 1 is 0.667 bits per heavy atom. The van der Waals surface area contributed by atoms with Crippen LogP contribution in [0.1, 0.15) is 74.9 Å². The summed E-state index contributed by atoms with van der Waals surface area (Å²) >= 11 is 0. The third kappa shape index (κ3) is 2.48. The van der Waals surface area contributed by atoms with Gasteiger partial charge in [0.25, 0.3) is 0 Å². The number of hydrogen-bond acceptors (Lipinski definition) is 0. The molecular formula is C18H30. The molecule has 0 aliphatic rings. The zero-order valence-corrected chi connectivity index (χ0v) is 13.6. The average molecular weight is 246 g/mol. The van der Waals surface area contributed by atoms with Gasteiger partial charge in [-0.3, -0.25) is 0 Å². The van der Waals surface area contributed by atoms with Gasteiger partial charge in [-0.1, -0.05) is 41.5 Å². The van der Waals surface area contributed by atoms with E-state index in [1.807, 2.05) is 0 Å². The Bertz CT molecular complexity index is 399. The van der Waals surface area contributed by atoms with E-state index < -0.39 is 0 Å². The van der Waals surface area contributed by atoms with Crippen molar-refractivity contribution in [1.82, 2.24) is 0 Å². The summed E-state index contributed by atoms with van der Waals surface area (Å²) in [5, 5.41) is 0. The molecule has 1 aromatic carbocycles. The zero-order chi connectivity index (χ0) is 14.1. The second kappa shape index (κ2) is 5.47. The van der Waals surface area contributed by atoms with E-state index in [1.54, 1.807) is 33.4 Å². The second-order valence-corrected chi connectivity index (χ2v) is 6.37. The summed E-state index contributed by atoms with van der Waals surface area (Å²) < 4.78 is 0. The average Bonchev–Trinajstić information content (AvgIpc) is 2.27. The van der Waals surface area contributed by atoms with Crippen molar-refractivity contribution in [2.24, 2.45) is 0 Å². The fourth-order valence-electron chi connectivity index (χ4n) is 3.52. The first-order valence-electron chi connectivity index (χ1n) is 7.43. The molecule has 0 nitrogen and oxygen atoms in total. The van der Waals surface area contributed by atoms with Crippen LogP contribution >= 0.6 is 0 Å². The van der Waals surface area contributed by atoms with Gasteiger partial charge < -0.3 is 0 Å². The minimum atomic E-state index is 0.248. The highest BCUT2D eigenvalue weighted by molar-refractivity contribution is 5.53. The maximum Gasteiger partial charge on any atom is -0.0126 e. The Kier molecular flexibility index (Phi) is 4.64. The molecule has 0 heterocycles.